The van der Waals surface area contributed by atoms with Crippen molar-refractivity contribution in [3.05, 3.63) is 29.3 Å². The van der Waals surface area contributed by atoms with Gasteiger partial charge in [0.25, 0.3) is 0 Å². The van der Waals surface area contributed by atoms with Crippen LogP contribution < -0.4 is 10.1 Å². The van der Waals surface area contributed by atoms with Gasteiger partial charge in [-0.2, -0.15) is 4.39 Å². The lowest BCUT2D eigenvalue weighted by molar-refractivity contribution is 0.296. The van der Waals surface area contributed by atoms with E-state index in [4.69, 9.17) is 4.74 Å². The molecule has 0 saturated heterocycles. The summed E-state index contributed by atoms with van der Waals surface area (Å²) in [6.45, 7) is 0.395. The van der Waals surface area contributed by atoms with Crippen molar-refractivity contribution >= 4 is 0 Å². The predicted molar refractivity (Wildman–Crippen MR) is 50.8 cm³/mol. The Labute approximate surface area is 86.2 Å². The van der Waals surface area contributed by atoms with Crippen molar-refractivity contribution in [3.8, 4) is 5.75 Å². The molecule has 3 rings (SSSR count). The van der Waals surface area contributed by atoms with E-state index in [0.717, 1.165) is 24.5 Å². The maximum absolute atomic E-state index is 13.3. The average molecular weight is 211 g/mol. The van der Waals surface area contributed by atoms with E-state index in [2.05, 4.69) is 5.32 Å². The lowest BCUT2D eigenvalue weighted by Gasteiger charge is -2.09. The number of rotatable bonds is 2. The van der Waals surface area contributed by atoms with Crippen LogP contribution in [0.25, 0.3) is 0 Å². The van der Waals surface area contributed by atoms with Gasteiger partial charge in [0, 0.05) is 11.6 Å². The minimum atomic E-state index is -0.868. The Morgan fingerprint density at radius 1 is 1.27 bits per heavy atom. The molecule has 1 atom stereocenters. The molecule has 0 aromatic heterocycles. The van der Waals surface area contributed by atoms with Gasteiger partial charge < -0.3 is 10.1 Å². The summed E-state index contributed by atoms with van der Waals surface area (Å²) in [7, 11) is 0. The van der Waals surface area contributed by atoms with Gasteiger partial charge in [-0.1, -0.05) is 6.07 Å². The third-order valence-electron chi connectivity index (χ3n) is 2.86. The van der Waals surface area contributed by atoms with Gasteiger partial charge in [-0.25, -0.2) is 4.39 Å². The molecule has 1 fully saturated rings. The minimum absolute atomic E-state index is 0.0163. The zero-order valence-electron chi connectivity index (χ0n) is 8.09. The quantitative estimate of drug-likeness (QED) is 0.809. The Hall–Kier alpha value is -1.16. The first-order valence-electron chi connectivity index (χ1n) is 5.12. The molecular formula is C11H11F2NO. The first kappa shape index (κ1) is 9.09. The molecule has 1 saturated carbocycles. The third kappa shape index (κ3) is 1.49. The number of fused-ring (bicyclic) bond motifs is 1. The number of halogens is 2. The van der Waals surface area contributed by atoms with E-state index in [1.165, 1.54) is 0 Å². The zero-order chi connectivity index (χ0) is 10.4. The highest BCUT2D eigenvalue weighted by atomic mass is 19.2. The highest BCUT2D eigenvalue weighted by Crippen LogP contribution is 2.37. The van der Waals surface area contributed by atoms with Gasteiger partial charge in [-0.05, 0) is 18.9 Å². The van der Waals surface area contributed by atoms with Crippen LogP contribution in [-0.4, -0.2) is 12.6 Å². The van der Waals surface area contributed by atoms with Crippen LogP contribution in [0, 0.1) is 11.6 Å². The van der Waals surface area contributed by atoms with Gasteiger partial charge in [0.15, 0.2) is 11.6 Å². The molecule has 2 aliphatic rings. The Bertz CT molecular complexity index is 404. The molecule has 1 N–H and O–H groups in total. The summed E-state index contributed by atoms with van der Waals surface area (Å²) in [6, 6.07) is 3.30. The smallest absolute Gasteiger partial charge is 0.200 e. The normalized spacial score (nSPS) is 23.7. The van der Waals surface area contributed by atoms with Crippen molar-refractivity contribution in [1.82, 2.24) is 5.32 Å². The summed E-state index contributed by atoms with van der Waals surface area (Å²) in [4.78, 5) is 0. The highest BCUT2D eigenvalue weighted by Gasteiger charge is 2.32. The summed E-state index contributed by atoms with van der Waals surface area (Å²) in [5.74, 6) is -1.64. The van der Waals surface area contributed by atoms with Crippen LogP contribution in [0.1, 0.15) is 24.4 Å². The molecule has 4 heteroatoms. The van der Waals surface area contributed by atoms with Crippen molar-refractivity contribution in [3.63, 3.8) is 0 Å². The highest BCUT2D eigenvalue weighted by molar-refractivity contribution is 5.41. The first-order valence-corrected chi connectivity index (χ1v) is 5.12. The first-order chi connectivity index (χ1) is 7.25. The molecule has 0 amide bonds. The second-order valence-electron chi connectivity index (χ2n) is 4.08. The second kappa shape index (κ2) is 3.17. The van der Waals surface area contributed by atoms with Crippen LogP contribution in [0.4, 0.5) is 8.78 Å². The van der Waals surface area contributed by atoms with E-state index in [0.29, 0.717) is 12.6 Å². The monoisotopic (exact) mass is 211 g/mol. The van der Waals surface area contributed by atoms with Crippen LogP contribution in [0.5, 0.6) is 5.75 Å². The summed E-state index contributed by atoms with van der Waals surface area (Å²) < 4.78 is 31.4. The Morgan fingerprint density at radius 2 is 2.07 bits per heavy atom. The topological polar surface area (TPSA) is 21.3 Å². The molecule has 1 heterocycles. The minimum Gasteiger partial charge on any atom is -0.488 e. The Kier molecular flexibility index (Phi) is 1.92. The maximum Gasteiger partial charge on any atom is 0.200 e. The van der Waals surface area contributed by atoms with Gasteiger partial charge in [0.1, 0.15) is 6.61 Å². The van der Waals surface area contributed by atoms with Crippen LogP contribution in [0.3, 0.4) is 0 Å². The molecule has 0 spiro atoms. The zero-order valence-corrected chi connectivity index (χ0v) is 8.09. The SMILES string of the molecule is Fc1ccc2c(c1F)OCC2NC1CC1. The summed E-state index contributed by atoms with van der Waals surface area (Å²) in [5.41, 5.74) is 0.737. The molecule has 0 bridgehead atoms. The molecule has 1 aliphatic heterocycles. The molecule has 1 aliphatic carbocycles. The molecule has 1 aromatic carbocycles. The van der Waals surface area contributed by atoms with Crippen molar-refractivity contribution < 1.29 is 13.5 Å². The van der Waals surface area contributed by atoms with Crippen LogP contribution >= 0.6 is 0 Å². The number of nitrogens with one attached hydrogen (secondary N) is 1. The van der Waals surface area contributed by atoms with Crippen molar-refractivity contribution in [2.24, 2.45) is 0 Å². The fraction of sp³-hybridized carbons (Fsp3) is 0.455. The van der Waals surface area contributed by atoms with Crippen LogP contribution in [0.2, 0.25) is 0 Å². The summed E-state index contributed by atoms with van der Waals surface area (Å²) in [5, 5.41) is 3.34. The molecular weight excluding hydrogens is 200 g/mol. The summed E-state index contributed by atoms with van der Waals surface area (Å²) >= 11 is 0. The van der Waals surface area contributed by atoms with E-state index in [1.54, 1.807) is 6.07 Å². The van der Waals surface area contributed by atoms with E-state index < -0.39 is 11.6 Å². The summed E-state index contributed by atoms with van der Waals surface area (Å²) in [6.07, 6.45) is 2.32. The van der Waals surface area contributed by atoms with Crippen LogP contribution in [-0.2, 0) is 0 Å². The fourth-order valence-electron chi connectivity index (χ4n) is 1.90. The number of hydrogen-bond donors (Lipinski definition) is 1. The molecule has 0 radical (unpaired) electrons. The molecule has 2 nitrogen and oxygen atoms in total. The average Bonchev–Trinajstić information content (AvgIpc) is 2.93. The Morgan fingerprint density at radius 3 is 2.80 bits per heavy atom. The molecule has 80 valence electrons. The van der Waals surface area contributed by atoms with Gasteiger partial charge >= 0.3 is 0 Å². The lowest BCUT2D eigenvalue weighted by Crippen LogP contribution is -2.24. The Balaban J connectivity index is 1.92. The standard InChI is InChI=1S/C11H11F2NO/c12-8-4-3-7-9(14-6-1-2-6)5-15-11(7)10(8)13/h3-4,6,9,14H,1-2,5H2. The van der Waals surface area contributed by atoms with Crippen molar-refractivity contribution in [2.75, 3.05) is 6.61 Å². The molecule has 1 unspecified atom stereocenters. The second-order valence-corrected chi connectivity index (χ2v) is 4.08. The van der Waals surface area contributed by atoms with E-state index in [1.807, 2.05) is 0 Å². The lowest BCUT2D eigenvalue weighted by atomic mass is 10.1. The van der Waals surface area contributed by atoms with E-state index >= 15 is 0 Å². The van der Waals surface area contributed by atoms with E-state index in [9.17, 15) is 8.78 Å². The van der Waals surface area contributed by atoms with Crippen molar-refractivity contribution in [2.45, 2.75) is 24.9 Å². The number of ether oxygens (including phenoxy) is 1. The molecule has 1 aromatic rings. The maximum atomic E-state index is 13.3. The number of hydrogen-bond acceptors (Lipinski definition) is 2. The third-order valence-corrected chi connectivity index (χ3v) is 2.86. The number of benzene rings is 1. The van der Waals surface area contributed by atoms with Gasteiger partial charge in [-0.15, -0.1) is 0 Å². The van der Waals surface area contributed by atoms with Crippen LogP contribution in [0.15, 0.2) is 12.1 Å². The fourth-order valence-corrected chi connectivity index (χ4v) is 1.90. The van der Waals surface area contributed by atoms with Gasteiger partial charge in [0.05, 0.1) is 6.04 Å². The van der Waals surface area contributed by atoms with Gasteiger partial charge in [0.2, 0.25) is 5.82 Å². The van der Waals surface area contributed by atoms with Crippen molar-refractivity contribution in [1.29, 1.82) is 0 Å². The molecule has 15 heavy (non-hydrogen) atoms. The van der Waals surface area contributed by atoms with E-state index in [-0.39, 0.29) is 11.8 Å². The van der Waals surface area contributed by atoms with Gasteiger partial charge in [-0.3, -0.25) is 0 Å². The predicted octanol–water partition coefficient (Wildman–Crippen LogP) is 2.15. The largest absolute Gasteiger partial charge is 0.488 e.